The van der Waals surface area contributed by atoms with E-state index >= 15 is 0 Å². The third-order valence-corrected chi connectivity index (χ3v) is 4.79. The van der Waals surface area contributed by atoms with Gasteiger partial charge < -0.3 is 14.9 Å². The molecule has 2 fully saturated rings. The van der Waals surface area contributed by atoms with Gasteiger partial charge in [0, 0.05) is 12.5 Å². The SMILES string of the molecule is CC.CCOC1CCC(C(O)C2CCCCC2)C(O)C1. The minimum Gasteiger partial charge on any atom is -0.393 e. The third-order valence-electron chi connectivity index (χ3n) is 4.79. The van der Waals surface area contributed by atoms with Crippen LogP contribution in [0.1, 0.15) is 72.1 Å². The van der Waals surface area contributed by atoms with Gasteiger partial charge in [0.2, 0.25) is 0 Å². The molecule has 0 aromatic carbocycles. The van der Waals surface area contributed by atoms with Crippen LogP contribution in [0.15, 0.2) is 0 Å². The number of rotatable bonds is 4. The molecule has 0 aliphatic heterocycles. The van der Waals surface area contributed by atoms with Gasteiger partial charge in [0.05, 0.1) is 18.3 Å². The molecule has 0 saturated heterocycles. The molecule has 0 radical (unpaired) electrons. The van der Waals surface area contributed by atoms with Gasteiger partial charge in [0.1, 0.15) is 0 Å². The van der Waals surface area contributed by atoms with Crippen LogP contribution < -0.4 is 0 Å². The molecule has 2 aliphatic carbocycles. The van der Waals surface area contributed by atoms with Gasteiger partial charge in [-0.2, -0.15) is 0 Å². The van der Waals surface area contributed by atoms with E-state index in [1.807, 2.05) is 20.8 Å². The smallest absolute Gasteiger partial charge is 0.0621 e. The van der Waals surface area contributed by atoms with Crippen molar-refractivity contribution in [1.29, 1.82) is 0 Å². The summed E-state index contributed by atoms with van der Waals surface area (Å²) in [6.45, 7) is 6.71. The normalized spacial score (nSPS) is 33.1. The van der Waals surface area contributed by atoms with Crippen molar-refractivity contribution in [3.8, 4) is 0 Å². The van der Waals surface area contributed by atoms with Crippen molar-refractivity contribution < 1.29 is 14.9 Å². The fourth-order valence-corrected chi connectivity index (χ4v) is 3.74. The summed E-state index contributed by atoms with van der Waals surface area (Å²) in [5.41, 5.74) is 0. The summed E-state index contributed by atoms with van der Waals surface area (Å²) >= 11 is 0. The van der Waals surface area contributed by atoms with Gasteiger partial charge in [-0.15, -0.1) is 0 Å². The fraction of sp³-hybridized carbons (Fsp3) is 1.00. The second kappa shape index (κ2) is 9.75. The van der Waals surface area contributed by atoms with E-state index in [0.29, 0.717) is 18.9 Å². The van der Waals surface area contributed by atoms with Gasteiger partial charge in [-0.25, -0.2) is 0 Å². The molecule has 0 amide bonds. The number of aliphatic hydroxyl groups excluding tert-OH is 2. The molecule has 3 heteroatoms. The summed E-state index contributed by atoms with van der Waals surface area (Å²) in [6, 6.07) is 0. The maximum atomic E-state index is 10.5. The zero-order chi connectivity index (χ0) is 15.0. The van der Waals surface area contributed by atoms with Crippen molar-refractivity contribution in [2.24, 2.45) is 11.8 Å². The Morgan fingerprint density at radius 2 is 1.70 bits per heavy atom. The Morgan fingerprint density at radius 1 is 1.05 bits per heavy atom. The molecule has 120 valence electrons. The fourth-order valence-electron chi connectivity index (χ4n) is 3.74. The molecule has 3 nitrogen and oxygen atoms in total. The second-order valence-electron chi connectivity index (χ2n) is 6.01. The summed E-state index contributed by atoms with van der Waals surface area (Å²) in [5, 5.41) is 20.7. The molecule has 0 spiro atoms. The van der Waals surface area contributed by atoms with Gasteiger partial charge in [-0.05, 0) is 44.9 Å². The molecule has 4 atom stereocenters. The van der Waals surface area contributed by atoms with Gasteiger partial charge in [-0.1, -0.05) is 33.1 Å². The van der Waals surface area contributed by atoms with Crippen LogP contribution in [0.3, 0.4) is 0 Å². The standard InChI is InChI=1S/C15H28O3.C2H6/c1-2-18-12-8-9-13(14(16)10-12)15(17)11-6-4-3-5-7-11;1-2/h11-17H,2-10H2,1H3;1-2H3. The summed E-state index contributed by atoms with van der Waals surface area (Å²) in [5.74, 6) is 0.492. The highest BCUT2D eigenvalue weighted by molar-refractivity contribution is 4.88. The van der Waals surface area contributed by atoms with Crippen LogP contribution in [0.5, 0.6) is 0 Å². The van der Waals surface area contributed by atoms with Crippen LogP contribution in [0, 0.1) is 11.8 Å². The van der Waals surface area contributed by atoms with Crippen molar-refractivity contribution in [3.05, 3.63) is 0 Å². The first-order valence-corrected chi connectivity index (χ1v) is 8.70. The van der Waals surface area contributed by atoms with Crippen LogP contribution in [0.2, 0.25) is 0 Å². The highest BCUT2D eigenvalue weighted by Crippen LogP contribution is 2.36. The zero-order valence-corrected chi connectivity index (χ0v) is 13.6. The maximum Gasteiger partial charge on any atom is 0.0621 e. The second-order valence-corrected chi connectivity index (χ2v) is 6.01. The molecule has 2 rings (SSSR count). The average molecular weight is 286 g/mol. The van der Waals surface area contributed by atoms with E-state index in [1.54, 1.807) is 0 Å². The molecule has 0 heterocycles. The summed E-state index contributed by atoms with van der Waals surface area (Å²) in [4.78, 5) is 0. The molecule has 2 N–H and O–H groups in total. The Kier molecular flexibility index (Phi) is 8.74. The van der Waals surface area contributed by atoms with Crippen molar-refractivity contribution in [2.75, 3.05) is 6.61 Å². The van der Waals surface area contributed by atoms with Crippen LogP contribution in [0.4, 0.5) is 0 Å². The van der Waals surface area contributed by atoms with E-state index in [1.165, 1.54) is 19.3 Å². The van der Waals surface area contributed by atoms with Crippen LogP contribution in [0.25, 0.3) is 0 Å². The first kappa shape index (κ1) is 17.9. The Morgan fingerprint density at radius 3 is 2.25 bits per heavy atom. The minimum absolute atomic E-state index is 0.0739. The number of ether oxygens (including phenoxy) is 1. The summed E-state index contributed by atoms with van der Waals surface area (Å²) in [6.07, 6.45) is 8.17. The molecule has 4 unspecified atom stereocenters. The molecular weight excluding hydrogens is 252 g/mol. The monoisotopic (exact) mass is 286 g/mol. The van der Waals surface area contributed by atoms with Crippen molar-refractivity contribution in [1.82, 2.24) is 0 Å². The lowest BCUT2D eigenvalue weighted by Gasteiger charge is -2.39. The Labute approximate surface area is 124 Å². The van der Waals surface area contributed by atoms with Gasteiger partial charge >= 0.3 is 0 Å². The lowest BCUT2D eigenvalue weighted by atomic mass is 9.73. The summed E-state index contributed by atoms with van der Waals surface area (Å²) < 4.78 is 5.59. The first-order chi connectivity index (χ1) is 9.72. The molecule has 20 heavy (non-hydrogen) atoms. The topological polar surface area (TPSA) is 49.7 Å². The minimum atomic E-state index is -0.382. The highest BCUT2D eigenvalue weighted by Gasteiger charge is 2.37. The predicted octanol–water partition coefficient (Wildman–Crippen LogP) is 3.52. The van der Waals surface area contributed by atoms with Gasteiger partial charge in [0.15, 0.2) is 0 Å². The maximum absolute atomic E-state index is 10.5. The van der Waals surface area contributed by atoms with Crippen LogP contribution in [-0.2, 0) is 4.74 Å². The number of hydrogen-bond donors (Lipinski definition) is 2. The molecule has 0 aromatic rings. The van der Waals surface area contributed by atoms with E-state index < -0.39 is 0 Å². The Bertz CT molecular complexity index is 238. The van der Waals surface area contributed by atoms with E-state index in [2.05, 4.69) is 0 Å². The van der Waals surface area contributed by atoms with Crippen molar-refractivity contribution >= 4 is 0 Å². The zero-order valence-electron chi connectivity index (χ0n) is 13.6. The Balaban J connectivity index is 0.000000956. The quantitative estimate of drug-likeness (QED) is 0.831. The Hall–Kier alpha value is -0.120. The third kappa shape index (κ3) is 5.01. The highest BCUT2D eigenvalue weighted by atomic mass is 16.5. The van der Waals surface area contributed by atoms with Crippen molar-refractivity contribution in [3.63, 3.8) is 0 Å². The lowest BCUT2D eigenvalue weighted by Crippen LogP contribution is -2.43. The number of aliphatic hydroxyl groups is 2. The van der Waals surface area contributed by atoms with E-state index in [-0.39, 0.29) is 24.2 Å². The van der Waals surface area contributed by atoms with E-state index in [9.17, 15) is 10.2 Å². The largest absolute Gasteiger partial charge is 0.393 e. The molecule has 0 aromatic heterocycles. The molecule has 0 bridgehead atoms. The number of hydrogen-bond acceptors (Lipinski definition) is 3. The molecule has 2 saturated carbocycles. The predicted molar refractivity (Wildman–Crippen MR) is 82.7 cm³/mol. The lowest BCUT2D eigenvalue weighted by molar-refractivity contribution is -0.0860. The van der Waals surface area contributed by atoms with Crippen molar-refractivity contribution in [2.45, 2.75) is 90.4 Å². The van der Waals surface area contributed by atoms with Crippen LogP contribution >= 0.6 is 0 Å². The van der Waals surface area contributed by atoms with E-state index in [0.717, 1.165) is 25.7 Å². The average Bonchev–Trinajstić information content (AvgIpc) is 2.50. The molecular formula is C17H34O3. The van der Waals surface area contributed by atoms with Gasteiger partial charge in [-0.3, -0.25) is 0 Å². The van der Waals surface area contributed by atoms with E-state index in [4.69, 9.17) is 4.74 Å². The first-order valence-electron chi connectivity index (χ1n) is 8.70. The van der Waals surface area contributed by atoms with Crippen LogP contribution in [-0.4, -0.2) is 35.1 Å². The van der Waals surface area contributed by atoms with Gasteiger partial charge in [0.25, 0.3) is 0 Å². The summed E-state index contributed by atoms with van der Waals surface area (Å²) in [7, 11) is 0. The molecule has 2 aliphatic rings.